The Labute approximate surface area is 121 Å². The fraction of sp³-hybridized carbons (Fsp3) is 0.0667. The molecule has 108 valence electrons. The van der Waals surface area contributed by atoms with E-state index in [9.17, 15) is 9.59 Å². The fourth-order valence-electron chi connectivity index (χ4n) is 1.76. The minimum Gasteiger partial charge on any atom is -0.495 e. The van der Waals surface area contributed by atoms with Crippen LogP contribution in [0.2, 0.25) is 0 Å². The fourth-order valence-corrected chi connectivity index (χ4v) is 1.76. The van der Waals surface area contributed by atoms with Crippen LogP contribution < -0.4 is 10.1 Å². The smallest absolute Gasteiger partial charge is 0.328 e. The number of hydrogen-bond acceptors (Lipinski definition) is 3. The number of benzene rings is 1. The van der Waals surface area contributed by atoms with Crippen LogP contribution in [-0.2, 0) is 4.79 Å². The average Bonchev–Trinajstić information content (AvgIpc) is 2.99. The summed E-state index contributed by atoms with van der Waals surface area (Å²) in [6, 6.07) is 8.36. The number of methoxy groups -OCH3 is 1. The number of aromatic nitrogens is 1. The Morgan fingerprint density at radius 2 is 2.14 bits per heavy atom. The molecule has 0 saturated heterocycles. The molecule has 6 heteroatoms. The van der Waals surface area contributed by atoms with Gasteiger partial charge in [0.1, 0.15) is 11.4 Å². The molecular formula is C15H14N2O4. The number of H-pyrrole nitrogens is 1. The van der Waals surface area contributed by atoms with Gasteiger partial charge in [0, 0.05) is 12.3 Å². The zero-order valence-corrected chi connectivity index (χ0v) is 11.3. The van der Waals surface area contributed by atoms with E-state index in [4.69, 9.17) is 9.84 Å². The molecule has 0 bridgehead atoms. The Bertz CT molecular complexity index is 675. The molecule has 0 aliphatic carbocycles. The van der Waals surface area contributed by atoms with Gasteiger partial charge in [0.25, 0.3) is 5.91 Å². The lowest BCUT2D eigenvalue weighted by atomic mass is 10.1. The van der Waals surface area contributed by atoms with Crippen LogP contribution in [0.4, 0.5) is 5.69 Å². The molecule has 21 heavy (non-hydrogen) atoms. The summed E-state index contributed by atoms with van der Waals surface area (Å²) < 4.78 is 5.18. The number of aliphatic carboxylic acids is 1. The first-order chi connectivity index (χ1) is 10.1. The van der Waals surface area contributed by atoms with E-state index in [0.717, 1.165) is 6.08 Å². The van der Waals surface area contributed by atoms with E-state index in [2.05, 4.69) is 10.3 Å². The number of carbonyl (C=O) groups is 2. The van der Waals surface area contributed by atoms with E-state index in [0.29, 0.717) is 22.7 Å². The Kier molecular flexibility index (Phi) is 4.40. The van der Waals surface area contributed by atoms with Crippen molar-refractivity contribution in [3.8, 4) is 5.75 Å². The first-order valence-electron chi connectivity index (χ1n) is 6.14. The van der Waals surface area contributed by atoms with E-state index in [1.165, 1.54) is 13.2 Å². The SMILES string of the molecule is COc1ccc(C=CC(=O)O)cc1NC(=O)c1ccc[nH]1. The second kappa shape index (κ2) is 6.42. The third kappa shape index (κ3) is 3.73. The number of rotatable bonds is 5. The average molecular weight is 286 g/mol. The van der Waals surface area contributed by atoms with Crippen molar-refractivity contribution in [3.05, 3.63) is 53.9 Å². The van der Waals surface area contributed by atoms with Crippen molar-refractivity contribution in [2.24, 2.45) is 0 Å². The third-order valence-corrected chi connectivity index (χ3v) is 2.73. The normalized spacial score (nSPS) is 10.5. The van der Waals surface area contributed by atoms with Crippen LogP contribution in [0.5, 0.6) is 5.75 Å². The van der Waals surface area contributed by atoms with Gasteiger partial charge < -0.3 is 20.1 Å². The van der Waals surface area contributed by atoms with E-state index in [-0.39, 0.29) is 5.91 Å². The van der Waals surface area contributed by atoms with E-state index >= 15 is 0 Å². The molecule has 1 aromatic heterocycles. The number of hydrogen-bond donors (Lipinski definition) is 3. The van der Waals surface area contributed by atoms with Gasteiger partial charge in [-0.05, 0) is 35.9 Å². The monoisotopic (exact) mass is 286 g/mol. The molecule has 0 aliphatic heterocycles. The molecule has 0 radical (unpaired) electrons. The number of amides is 1. The van der Waals surface area contributed by atoms with Gasteiger partial charge in [-0.25, -0.2) is 4.79 Å². The topological polar surface area (TPSA) is 91.4 Å². The predicted molar refractivity (Wildman–Crippen MR) is 78.4 cm³/mol. The molecule has 0 saturated carbocycles. The van der Waals surface area contributed by atoms with Gasteiger partial charge in [-0.3, -0.25) is 4.79 Å². The Balaban J connectivity index is 2.25. The summed E-state index contributed by atoms with van der Waals surface area (Å²) in [5.41, 5.74) is 1.52. The van der Waals surface area contributed by atoms with E-state index in [1.54, 1.807) is 36.5 Å². The van der Waals surface area contributed by atoms with Gasteiger partial charge in [-0.15, -0.1) is 0 Å². The maximum Gasteiger partial charge on any atom is 0.328 e. The third-order valence-electron chi connectivity index (χ3n) is 2.73. The number of nitrogens with one attached hydrogen (secondary N) is 2. The summed E-state index contributed by atoms with van der Waals surface area (Å²) in [5, 5.41) is 11.3. The molecule has 1 amide bonds. The van der Waals surface area contributed by atoms with E-state index in [1.807, 2.05) is 0 Å². The Hall–Kier alpha value is -3.02. The number of carboxylic acids is 1. The number of ether oxygens (including phenoxy) is 1. The number of aromatic amines is 1. The van der Waals surface area contributed by atoms with Gasteiger partial charge >= 0.3 is 5.97 Å². The molecule has 0 aliphatic rings. The van der Waals surface area contributed by atoms with Gasteiger partial charge in [-0.1, -0.05) is 6.07 Å². The van der Waals surface area contributed by atoms with Crippen molar-refractivity contribution in [2.45, 2.75) is 0 Å². The highest BCUT2D eigenvalue weighted by molar-refractivity contribution is 6.04. The zero-order valence-electron chi connectivity index (χ0n) is 11.3. The molecule has 0 fully saturated rings. The summed E-state index contributed by atoms with van der Waals surface area (Å²) in [7, 11) is 1.49. The summed E-state index contributed by atoms with van der Waals surface area (Å²) in [4.78, 5) is 25.3. The van der Waals surface area contributed by atoms with Crippen LogP contribution in [0.15, 0.2) is 42.6 Å². The van der Waals surface area contributed by atoms with Gasteiger partial charge in [0.2, 0.25) is 0 Å². The lowest BCUT2D eigenvalue weighted by molar-refractivity contribution is -0.131. The van der Waals surface area contributed by atoms with Crippen LogP contribution in [0, 0.1) is 0 Å². The van der Waals surface area contributed by atoms with Crippen LogP contribution >= 0.6 is 0 Å². The standard InChI is InChI=1S/C15H14N2O4/c1-21-13-6-4-10(5-7-14(18)19)9-12(13)17-15(20)11-3-2-8-16-11/h2-9,16H,1H3,(H,17,20)(H,18,19). The second-order valence-corrected chi connectivity index (χ2v) is 4.17. The lowest BCUT2D eigenvalue weighted by Crippen LogP contribution is -2.13. The van der Waals surface area contributed by atoms with Crippen molar-refractivity contribution in [1.29, 1.82) is 0 Å². The molecule has 0 spiro atoms. The molecule has 2 aromatic rings. The maximum absolute atomic E-state index is 12.0. The molecule has 0 atom stereocenters. The number of carbonyl (C=O) groups excluding carboxylic acids is 1. The first-order valence-corrected chi connectivity index (χ1v) is 6.14. The van der Waals surface area contributed by atoms with Gasteiger partial charge in [0.15, 0.2) is 0 Å². The van der Waals surface area contributed by atoms with Crippen LogP contribution in [0.25, 0.3) is 6.08 Å². The molecule has 2 rings (SSSR count). The van der Waals surface area contributed by atoms with Crippen LogP contribution in [0.3, 0.4) is 0 Å². The van der Waals surface area contributed by atoms with Crippen LogP contribution in [0.1, 0.15) is 16.1 Å². The summed E-state index contributed by atoms with van der Waals surface area (Å²) in [6.07, 6.45) is 4.11. The van der Waals surface area contributed by atoms with Crippen molar-refractivity contribution in [2.75, 3.05) is 12.4 Å². The predicted octanol–water partition coefficient (Wildman–Crippen LogP) is 2.37. The zero-order chi connectivity index (χ0) is 15.2. The highest BCUT2D eigenvalue weighted by atomic mass is 16.5. The molecule has 0 unspecified atom stereocenters. The van der Waals surface area contributed by atoms with Crippen molar-refractivity contribution in [3.63, 3.8) is 0 Å². The van der Waals surface area contributed by atoms with Crippen LogP contribution in [-0.4, -0.2) is 29.1 Å². The van der Waals surface area contributed by atoms with Crippen molar-refractivity contribution < 1.29 is 19.4 Å². The molecule has 1 heterocycles. The lowest BCUT2D eigenvalue weighted by Gasteiger charge is -2.10. The second-order valence-electron chi connectivity index (χ2n) is 4.17. The highest BCUT2D eigenvalue weighted by Crippen LogP contribution is 2.26. The quantitative estimate of drug-likeness (QED) is 0.736. The number of carboxylic acid groups (broad SMARTS) is 1. The number of anilines is 1. The minimum atomic E-state index is -1.04. The maximum atomic E-state index is 12.0. The van der Waals surface area contributed by atoms with E-state index < -0.39 is 5.97 Å². The summed E-state index contributed by atoms with van der Waals surface area (Å²) in [5.74, 6) is -0.858. The molecular weight excluding hydrogens is 272 g/mol. The first kappa shape index (κ1) is 14.4. The Morgan fingerprint density at radius 3 is 2.76 bits per heavy atom. The van der Waals surface area contributed by atoms with Gasteiger partial charge in [0.05, 0.1) is 12.8 Å². The van der Waals surface area contributed by atoms with Crippen molar-refractivity contribution in [1.82, 2.24) is 4.98 Å². The molecule has 3 N–H and O–H groups in total. The summed E-state index contributed by atoms with van der Waals surface area (Å²) >= 11 is 0. The highest BCUT2D eigenvalue weighted by Gasteiger charge is 2.10. The minimum absolute atomic E-state index is 0.308. The van der Waals surface area contributed by atoms with Crippen molar-refractivity contribution >= 4 is 23.6 Å². The molecule has 1 aromatic carbocycles. The van der Waals surface area contributed by atoms with Gasteiger partial charge in [-0.2, -0.15) is 0 Å². The molecule has 6 nitrogen and oxygen atoms in total. The largest absolute Gasteiger partial charge is 0.495 e. The Morgan fingerprint density at radius 1 is 1.33 bits per heavy atom. The summed E-state index contributed by atoms with van der Waals surface area (Å²) in [6.45, 7) is 0.